The molecule has 1 aromatic heterocycles. The van der Waals surface area contributed by atoms with Crippen LogP contribution in [0, 0.1) is 4.77 Å². The molecule has 7 heteroatoms. The number of rotatable bonds is 8. The molecular formula is C26H23N3O3S. The predicted octanol–water partition coefficient (Wildman–Crippen LogP) is 4.72. The fraction of sp³-hybridized carbons (Fsp3) is 0.115. The Labute approximate surface area is 196 Å². The van der Waals surface area contributed by atoms with Crippen molar-refractivity contribution in [2.45, 2.75) is 6.54 Å². The number of hydrogen-bond donors (Lipinski definition) is 2. The highest BCUT2D eigenvalue weighted by Gasteiger charge is 2.10. The molecular weight excluding hydrogens is 434 g/mol. The van der Waals surface area contributed by atoms with Gasteiger partial charge in [0.1, 0.15) is 12.4 Å². The molecule has 33 heavy (non-hydrogen) atoms. The number of amides is 1. The number of carbonyl (C=O) groups is 1. The zero-order chi connectivity index (χ0) is 23.2. The van der Waals surface area contributed by atoms with Gasteiger partial charge in [-0.3, -0.25) is 14.2 Å². The normalized spacial score (nSPS) is 10.7. The summed E-state index contributed by atoms with van der Waals surface area (Å²) >= 11 is 5.26. The molecule has 0 unspecified atom stereocenters. The van der Waals surface area contributed by atoms with Gasteiger partial charge >= 0.3 is 0 Å². The highest BCUT2D eigenvalue weighted by molar-refractivity contribution is 7.71. The molecule has 2 N–H and O–H groups in total. The van der Waals surface area contributed by atoms with Gasteiger partial charge in [0.2, 0.25) is 0 Å². The zero-order valence-corrected chi connectivity index (χ0v) is 18.7. The van der Waals surface area contributed by atoms with E-state index < -0.39 is 0 Å². The van der Waals surface area contributed by atoms with Gasteiger partial charge in [0, 0.05) is 17.7 Å². The molecule has 0 radical (unpaired) electrons. The summed E-state index contributed by atoms with van der Waals surface area (Å²) in [5, 5.41) is 3.31. The van der Waals surface area contributed by atoms with Crippen molar-refractivity contribution in [2.75, 3.05) is 13.2 Å². The number of ether oxygens (including phenoxy) is 1. The molecule has 0 aliphatic carbocycles. The molecule has 3 aromatic carbocycles. The summed E-state index contributed by atoms with van der Waals surface area (Å²) in [7, 11) is 0. The minimum atomic E-state index is -0.258. The summed E-state index contributed by atoms with van der Waals surface area (Å²) in [6.45, 7) is 4.61. The number of fused-ring (bicyclic) bond motifs is 1. The van der Waals surface area contributed by atoms with Crippen LogP contribution in [-0.4, -0.2) is 28.6 Å². The SMILES string of the molecule is C=CCn1c(=S)[nH]c2cc(C(=O)NCCOc3ccccc3-c3ccccc3)ccc2c1=O. The lowest BCUT2D eigenvalue weighted by Gasteiger charge is -2.12. The topological polar surface area (TPSA) is 76.1 Å². The Morgan fingerprint density at radius 1 is 1.09 bits per heavy atom. The molecule has 166 valence electrons. The first kappa shape index (κ1) is 22.2. The molecule has 0 fully saturated rings. The number of H-pyrrole nitrogens is 1. The second kappa shape index (κ2) is 10.1. The van der Waals surface area contributed by atoms with Gasteiger partial charge in [-0.15, -0.1) is 6.58 Å². The van der Waals surface area contributed by atoms with Crippen LogP contribution in [0.4, 0.5) is 0 Å². The van der Waals surface area contributed by atoms with Gasteiger partial charge in [-0.1, -0.05) is 54.6 Å². The average molecular weight is 458 g/mol. The van der Waals surface area contributed by atoms with Crippen LogP contribution in [0.5, 0.6) is 5.75 Å². The van der Waals surface area contributed by atoms with Crippen LogP contribution >= 0.6 is 12.2 Å². The largest absolute Gasteiger partial charge is 0.491 e. The van der Waals surface area contributed by atoms with E-state index >= 15 is 0 Å². The number of hydrogen-bond acceptors (Lipinski definition) is 4. The Bertz CT molecular complexity index is 1420. The van der Waals surface area contributed by atoms with E-state index in [-0.39, 0.29) is 16.2 Å². The molecule has 0 bridgehead atoms. The molecule has 4 rings (SSSR count). The second-order valence-corrected chi connectivity index (χ2v) is 7.75. The molecule has 0 aliphatic heterocycles. The summed E-state index contributed by atoms with van der Waals surface area (Å²) in [6.07, 6.45) is 1.61. The summed E-state index contributed by atoms with van der Waals surface area (Å²) in [6, 6.07) is 22.7. The highest BCUT2D eigenvalue weighted by atomic mass is 32.1. The smallest absolute Gasteiger partial charge is 0.262 e. The zero-order valence-electron chi connectivity index (χ0n) is 17.9. The Morgan fingerprint density at radius 2 is 1.85 bits per heavy atom. The van der Waals surface area contributed by atoms with E-state index in [1.165, 1.54) is 4.57 Å². The molecule has 0 atom stereocenters. The number of carbonyl (C=O) groups excluding carboxylic acids is 1. The van der Waals surface area contributed by atoms with Crippen molar-refractivity contribution in [3.63, 3.8) is 0 Å². The van der Waals surface area contributed by atoms with Crippen molar-refractivity contribution < 1.29 is 9.53 Å². The molecule has 1 heterocycles. The molecule has 6 nitrogen and oxygen atoms in total. The van der Waals surface area contributed by atoms with Crippen molar-refractivity contribution in [3.05, 3.63) is 106 Å². The van der Waals surface area contributed by atoms with Crippen LogP contribution in [0.25, 0.3) is 22.0 Å². The maximum atomic E-state index is 12.6. The molecule has 4 aromatic rings. The van der Waals surface area contributed by atoms with Crippen molar-refractivity contribution in [1.82, 2.24) is 14.9 Å². The van der Waals surface area contributed by atoms with Crippen LogP contribution in [-0.2, 0) is 6.54 Å². The van der Waals surface area contributed by atoms with Crippen LogP contribution in [0.1, 0.15) is 10.4 Å². The highest BCUT2D eigenvalue weighted by Crippen LogP contribution is 2.29. The third-order valence-corrected chi connectivity index (χ3v) is 5.50. The minimum Gasteiger partial charge on any atom is -0.491 e. The Morgan fingerprint density at radius 3 is 2.64 bits per heavy atom. The minimum absolute atomic E-state index is 0.217. The summed E-state index contributed by atoms with van der Waals surface area (Å²) in [5.41, 5.74) is 2.80. The molecule has 0 aliphatic rings. The number of nitrogens with one attached hydrogen (secondary N) is 2. The third-order valence-electron chi connectivity index (χ3n) is 5.17. The first-order valence-electron chi connectivity index (χ1n) is 10.5. The molecule has 0 saturated heterocycles. The molecule has 0 saturated carbocycles. The number of para-hydroxylation sites is 1. The summed E-state index contributed by atoms with van der Waals surface area (Å²) < 4.78 is 7.64. The molecule has 0 spiro atoms. The third kappa shape index (κ3) is 4.94. The predicted molar refractivity (Wildman–Crippen MR) is 133 cm³/mol. The first-order chi connectivity index (χ1) is 16.1. The summed E-state index contributed by atoms with van der Waals surface area (Å²) in [4.78, 5) is 28.2. The van der Waals surface area contributed by atoms with Crippen LogP contribution in [0.2, 0.25) is 0 Å². The van der Waals surface area contributed by atoms with E-state index in [9.17, 15) is 9.59 Å². The average Bonchev–Trinajstić information content (AvgIpc) is 2.84. The van der Waals surface area contributed by atoms with E-state index in [4.69, 9.17) is 17.0 Å². The van der Waals surface area contributed by atoms with E-state index in [1.807, 2.05) is 54.6 Å². The van der Waals surface area contributed by atoms with Gasteiger partial charge in [-0.25, -0.2) is 0 Å². The van der Waals surface area contributed by atoms with Crippen LogP contribution in [0.15, 0.2) is 90.2 Å². The fourth-order valence-electron chi connectivity index (χ4n) is 3.57. The van der Waals surface area contributed by atoms with E-state index in [0.29, 0.717) is 36.2 Å². The lowest BCUT2D eigenvalue weighted by Crippen LogP contribution is -2.28. The van der Waals surface area contributed by atoms with Crippen LogP contribution in [0.3, 0.4) is 0 Å². The number of nitrogens with zero attached hydrogens (tertiary/aromatic N) is 1. The standard InChI is InChI=1S/C26H23N3O3S/c1-2-15-29-25(31)21-13-12-19(17-22(21)28-26(29)33)24(30)27-14-16-32-23-11-7-6-10-20(23)18-8-4-3-5-9-18/h2-13,17H,1,14-16H2,(H,27,30)(H,28,33). The lowest BCUT2D eigenvalue weighted by atomic mass is 10.1. The van der Waals surface area contributed by atoms with Gasteiger partial charge in [0.15, 0.2) is 4.77 Å². The Kier molecular flexibility index (Phi) is 6.80. The number of allylic oxidation sites excluding steroid dienone is 1. The maximum absolute atomic E-state index is 12.6. The second-order valence-electron chi connectivity index (χ2n) is 7.36. The lowest BCUT2D eigenvalue weighted by molar-refractivity contribution is 0.0947. The van der Waals surface area contributed by atoms with Crippen molar-refractivity contribution in [2.24, 2.45) is 0 Å². The van der Waals surface area contributed by atoms with Gasteiger partial charge < -0.3 is 15.0 Å². The van der Waals surface area contributed by atoms with Gasteiger partial charge in [-0.2, -0.15) is 0 Å². The van der Waals surface area contributed by atoms with Crippen LogP contribution < -0.4 is 15.6 Å². The quantitative estimate of drug-likeness (QED) is 0.228. The van der Waals surface area contributed by atoms with Crippen molar-refractivity contribution in [1.29, 1.82) is 0 Å². The van der Waals surface area contributed by atoms with Crippen molar-refractivity contribution in [3.8, 4) is 16.9 Å². The van der Waals surface area contributed by atoms with E-state index in [2.05, 4.69) is 16.9 Å². The van der Waals surface area contributed by atoms with Gasteiger partial charge in [0.05, 0.1) is 17.4 Å². The first-order valence-corrected chi connectivity index (χ1v) is 10.9. The Balaban J connectivity index is 1.42. The van der Waals surface area contributed by atoms with Gasteiger partial charge in [-0.05, 0) is 42.0 Å². The van der Waals surface area contributed by atoms with Crippen molar-refractivity contribution >= 4 is 29.0 Å². The number of aromatic nitrogens is 2. The monoisotopic (exact) mass is 457 g/mol. The fourth-order valence-corrected chi connectivity index (χ4v) is 3.83. The van der Waals surface area contributed by atoms with E-state index in [0.717, 1.165) is 16.9 Å². The summed E-state index contributed by atoms with van der Waals surface area (Å²) in [5.74, 6) is 0.499. The number of aromatic amines is 1. The number of benzene rings is 3. The Hall–Kier alpha value is -3.97. The van der Waals surface area contributed by atoms with E-state index in [1.54, 1.807) is 24.3 Å². The maximum Gasteiger partial charge on any atom is 0.262 e. The van der Waals surface area contributed by atoms with Gasteiger partial charge in [0.25, 0.3) is 11.5 Å². The molecule has 1 amide bonds.